The molecule has 0 saturated heterocycles. The van der Waals surface area contributed by atoms with Crippen LogP contribution >= 0.6 is 0 Å². The van der Waals surface area contributed by atoms with Crippen molar-refractivity contribution in [2.75, 3.05) is 11.9 Å². The summed E-state index contributed by atoms with van der Waals surface area (Å²) in [6, 6.07) is 9.74. The molecular formula is C23H20N6O2. The lowest BCUT2D eigenvalue weighted by atomic mass is 9.99. The molecule has 8 nitrogen and oxygen atoms in total. The summed E-state index contributed by atoms with van der Waals surface area (Å²) in [6.45, 7) is 2.92. The van der Waals surface area contributed by atoms with Crippen LogP contribution in [0.25, 0.3) is 22.0 Å². The Morgan fingerprint density at radius 2 is 1.97 bits per heavy atom. The number of carbonyl (C=O) groups excluding carboxylic acids is 1. The molecule has 0 atom stereocenters. The molecule has 0 radical (unpaired) electrons. The van der Waals surface area contributed by atoms with Gasteiger partial charge in [-0.3, -0.25) is 9.59 Å². The summed E-state index contributed by atoms with van der Waals surface area (Å²) >= 11 is 0. The highest BCUT2D eigenvalue weighted by atomic mass is 16.2. The van der Waals surface area contributed by atoms with Crippen LogP contribution in [-0.2, 0) is 17.8 Å². The number of fused-ring (bicyclic) bond motifs is 2. The molecule has 0 fully saturated rings. The lowest BCUT2D eigenvalue weighted by Crippen LogP contribution is -2.34. The summed E-state index contributed by atoms with van der Waals surface area (Å²) < 4.78 is 0. The van der Waals surface area contributed by atoms with Crippen molar-refractivity contribution < 1.29 is 4.79 Å². The van der Waals surface area contributed by atoms with E-state index in [1.54, 1.807) is 25.5 Å². The van der Waals surface area contributed by atoms with E-state index in [1.807, 2.05) is 29.2 Å². The van der Waals surface area contributed by atoms with Crippen LogP contribution in [0.2, 0.25) is 0 Å². The molecule has 1 aliphatic rings. The summed E-state index contributed by atoms with van der Waals surface area (Å²) in [6.07, 6.45) is 7.27. The zero-order valence-electron chi connectivity index (χ0n) is 16.9. The maximum Gasteiger partial charge on any atom is 0.259 e. The standard InChI is InChI=1S/C23H20N6O2/c1-14(30)29-7-5-15-8-19(3-2-17(15)12-29)27-22-21-16(4-6-26-23(21)31)9-20(28-22)18-10-24-13-25-11-18/h2-4,6,8-11,13H,5,7,12H2,1H3,(H,26,31)(H,27,28). The summed E-state index contributed by atoms with van der Waals surface area (Å²) in [5.74, 6) is 0.559. The molecule has 1 aliphatic heterocycles. The van der Waals surface area contributed by atoms with E-state index < -0.39 is 0 Å². The van der Waals surface area contributed by atoms with Crippen LogP contribution in [0.5, 0.6) is 0 Å². The van der Waals surface area contributed by atoms with Gasteiger partial charge in [-0.15, -0.1) is 0 Å². The van der Waals surface area contributed by atoms with Gasteiger partial charge in [0.15, 0.2) is 0 Å². The van der Waals surface area contributed by atoms with Crippen molar-refractivity contribution in [3.63, 3.8) is 0 Å². The van der Waals surface area contributed by atoms with E-state index in [0.29, 0.717) is 30.0 Å². The molecule has 3 aromatic heterocycles. The molecule has 4 heterocycles. The predicted octanol–water partition coefficient (Wildman–Crippen LogP) is 3.03. The molecule has 31 heavy (non-hydrogen) atoms. The van der Waals surface area contributed by atoms with Gasteiger partial charge < -0.3 is 15.2 Å². The van der Waals surface area contributed by atoms with Crippen molar-refractivity contribution >= 4 is 28.2 Å². The number of carbonyl (C=O) groups is 1. The molecule has 2 N–H and O–H groups in total. The van der Waals surface area contributed by atoms with Crippen LogP contribution in [0.3, 0.4) is 0 Å². The van der Waals surface area contributed by atoms with Gasteiger partial charge in [0.25, 0.3) is 5.56 Å². The number of hydrogen-bond acceptors (Lipinski definition) is 6. The average molecular weight is 412 g/mol. The number of amides is 1. The van der Waals surface area contributed by atoms with E-state index in [0.717, 1.165) is 28.6 Å². The van der Waals surface area contributed by atoms with E-state index in [-0.39, 0.29) is 11.5 Å². The lowest BCUT2D eigenvalue weighted by molar-refractivity contribution is -0.129. The van der Waals surface area contributed by atoms with Crippen molar-refractivity contribution in [1.29, 1.82) is 0 Å². The van der Waals surface area contributed by atoms with Crippen molar-refractivity contribution in [2.24, 2.45) is 0 Å². The number of pyridine rings is 2. The van der Waals surface area contributed by atoms with Crippen molar-refractivity contribution in [3.05, 3.63) is 76.7 Å². The number of hydrogen-bond donors (Lipinski definition) is 2. The molecule has 0 bridgehead atoms. The van der Waals surface area contributed by atoms with Gasteiger partial charge in [0.1, 0.15) is 12.1 Å². The second-order valence-electron chi connectivity index (χ2n) is 7.55. The second kappa shape index (κ2) is 7.64. The maximum absolute atomic E-state index is 12.6. The van der Waals surface area contributed by atoms with E-state index in [1.165, 1.54) is 11.9 Å². The molecule has 0 spiro atoms. The topological polar surface area (TPSA) is 104 Å². The van der Waals surface area contributed by atoms with Gasteiger partial charge in [0.05, 0.1) is 11.1 Å². The van der Waals surface area contributed by atoms with Gasteiger partial charge in [-0.2, -0.15) is 0 Å². The number of nitrogens with zero attached hydrogens (tertiary/aromatic N) is 4. The number of aromatic nitrogens is 4. The Morgan fingerprint density at radius 3 is 2.77 bits per heavy atom. The first-order valence-corrected chi connectivity index (χ1v) is 10.0. The van der Waals surface area contributed by atoms with Gasteiger partial charge in [-0.05, 0) is 47.2 Å². The highest BCUT2D eigenvalue weighted by Gasteiger charge is 2.19. The predicted molar refractivity (Wildman–Crippen MR) is 118 cm³/mol. The normalized spacial score (nSPS) is 13.1. The molecular weight excluding hydrogens is 392 g/mol. The SMILES string of the molecule is CC(=O)N1CCc2cc(Nc3nc(-c4cncnc4)cc4cc[nH]c(=O)c34)ccc2C1. The van der Waals surface area contributed by atoms with Crippen molar-refractivity contribution in [3.8, 4) is 11.3 Å². The largest absolute Gasteiger partial charge is 0.340 e. The molecule has 8 heteroatoms. The van der Waals surface area contributed by atoms with E-state index in [2.05, 4.69) is 26.3 Å². The number of benzene rings is 1. The molecule has 0 aliphatic carbocycles. The zero-order valence-corrected chi connectivity index (χ0v) is 16.9. The lowest BCUT2D eigenvalue weighted by Gasteiger charge is -2.28. The van der Waals surface area contributed by atoms with E-state index in [9.17, 15) is 9.59 Å². The van der Waals surface area contributed by atoms with Gasteiger partial charge in [0.2, 0.25) is 5.91 Å². The van der Waals surface area contributed by atoms with E-state index >= 15 is 0 Å². The second-order valence-corrected chi connectivity index (χ2v) is 7.55. The zero-order chi connectivity index (χ0) is 21.4. The highest BCUT2D eigenvalue weighted by molar-refractivity contribution is 5.95. The minimum Gasteiger partial charge on any atom is -0.340 e. The average Bonchev–Trinajstić information content (AvgIpc) is 2.79. The Hall–Kier alpha value is -4.07. The van der Waals surface area contributed by atoms with Gasteiger partial charge in [0, 0.05) is 49.9 Å². The Kier molecular flexibility index (Phi) is 4.66. The van der Waals surface area contributed by atoms with Crippen LogP contribution in [-0.4, -0.2) is 37.3 Å². The van der Waals surface area contributed by atoms with Crippen molar-refractivity contribution in [2.45, 2.75) is 19.9 Å². The molecule has 1 aromatic carbocycles. The summed E-state index contributed by atoms with van der Waals surface area (Å²) in [7, 11) is 0. The van der Waals surface area contributed by atoms with Gasteiger partial charge in [-0.1, -0.05) is 6.07 Å². The maximum atomic E-state index is 12.6. The number of rotatable bonds is 3. The first-order valence-electron chi connectivity index (χ1n) is 10.0. The van der Waals surface area contributed by atoms with Crippen molar-refractivity contribution in [1.82, 2.24) is 24.8 Å². The summed E-state index contributed by atoms with van der Waals surface area (Å²) in [5.41, 5.74) is 4.40. The third kappa shape index (κ3) is 3.63. The number of H-pyrrole nitrogens is 1. The molecule has 154 valence electrons. The minimum atomic E-state index is -0.210. The summed E-state index contributed by atoms with van der Waals surface area (Å²) in [4.78, 5) is 41.7. The van der Waals surface area contributed by atoms with Crippen LogP contribution < -0.4 is 10.9 Å². The Bertz CT molecular complexity index is 1350. The Balaban J connectivity index is 1.56. The minimum absolute atomic E-state index is 0.0875. The van der Waals surface area contributed by atoms with Crippen LogP contribution in [0, 0.1) is 0 Å². The van der Waals surface area contributed by atoms with Crippen LogP contribution in [0.15, 0.2) is 60.0 Å². The van der Waals surface area contributed by atoms with E-state index in [4.69, 9.17) is 4.98 Å². The fraction of sp³-hybridized carbons (Fsp3) is 0.174. The van der Waals surface area contributed by atoms with Gasteiger partial charge in [-0.25, -0.2) is 15.0 Å². The highest BCUT2D eigenvalue weighted by Crippen LogP contribution is 2.29. The fourth-order valence-corrected chi connectivity index (χ4v) is 3.92. The molecule has 5 rings (SSSR count). The first-order chi connectivity index (χ1) is 15.1. The van der Waals surface area contributed by atoms with Crippen LogP contribution in [0.4, 0.5) is 11.5 Å². The number of anilines is 2. The smallest absolute Gasteiger partial charge is 0.259 e. The monoisotopic (exact) mass is 412 g/mol. The third-order valence-electron chi connectivity index (χ3n) is 5.54. The summed E-state index contributed by atoms with van der Waals surface area (Å²) in [5, 5.41) is 4.59. The molecule has 1 amide bonds. The molecule has 0 saturated carbocycles. The quantitative estimate of drug-likeness (QED) is 0.536. The number of nitrogens with one attached hydrogen (secondary N) is 2. The molecule has 0 unspecified atom stereocenters. The van der Waals surface area contributed by atoms with Gasteiger partial charge >= 0.3 is 0 Å². The Morgan fingerprint density at radius 1 is 1.13 bits per heavy atom. The Labute approximate surface area is 178 Å². The molecule has 4 aromatic rings. The first kappa shape index (κ1) is 18.9. The number of aromatic amines is 1. The fourth-order valence-electron chi connectivity index (χ4n) is 3.92. The van der Waals surface area contributed by atoms with Crippen LogP contribution in [0.1, 0.15) is 18.1 Å². The third-order valence-corrected chi connectivity index (χ3v) is 5.54.